The van der Waals surface area contributed by atoms with Crippen molar-refractivity contribution in [2.24, 2.45) is 5.73 Å². The maximum absolute atomic E-state index is 5.88. The van der Waals surface area contributed by atoms with E-state index in [2.05, 4.69) is 39.4 Å². The molecular formula is C15H23N5. The van der Waals surface area contributed by atoms with Crippen molar-refractivity contribution in [2.75, 3.05) is 6.54 Å². The first-order valence-electron chi connectivity index (χ1n) is 7.51. The average Bonchev–Trinajstić information content (AvgIpc) is 2.91. The number of pyridine rings is 1. The van der Waals surface area contributed by atoms with Gasteiger partial charge >= 0.3 is 0 Å². The van der Waals surface area contributed by atoms with Crippen molar-refractivity contribution in [2.45, 2.75) is 51.7 Å². The van der Waals surface area contributed by atoms with Gasteiger partial charge in [0.05, 0.1) is 6.04 Å². The topological polar surface area (TPSA) is 59.5 Å². The molecule has 1 saturated heterocycles. The van der Waals surface area contributed by atoms with Crippen LogP contribution in [0.15, 0.2) is 18.2 Å². The zero-order valence-electron chi connectivity index (χ0n) is 12.3. The number of rotatable bonds is 3. The standard InChI is InChI=1S/C15H23N5/c1-11(2)19-9-4-3-7-13(19)15-18-17-14-8-5-6-12(10-16)20(14)15/h5-6,8,11,13H,3-4,7,9-10,16H2,1-2H3. The van der Waals surface area contributed by atoms with E-state index in [0.29, 0.717) is 18.6 Å². The van der Waals surface area contributed by atoms with Crippen LogP contribution in [0, 0.1) is 0 Å². The van der Waals surface area contributed by atoms with Gasteiger partial charge in [0.1, 0.15) is 0 Å². The second-order valence-corrected chi connectivity index (χ2v) is 5.82. The highest BCUT2D eigenvalue weighted by molar-refractivity contribution is 5.40. The Hall–Kier alpha value is -1.46. The molecule has 2 aromatic heterocycles. The zero-order valence-corrected chi connectivity index (χ0v) is 12.3. The highest BCUT2D eigenvalue weighted by atomic mass is 15.3. The monoisotopic (exact) mass is 273 g/mol. The normalized spacial score (nSPS) is 20.9. The molecule has 0 bridgehead atoms. The second kappa shape index (κ2) is 5.50. The van der Waals surface area contributed by atoms with E-state index in [4.69, 9.17) is 5.73 Å². The van der Waals surface area contributed by atoms with Crippen molar-refractivity contribution in [3.63, 3.8) is 0 Å². The third kappa shape index (κ3) is 2.21. The maximum atomic E-state index is 5.88. The van der Waals surface area contributed by atoms with Gasteiger partial charge in [0.15, 0.2) is 11.5 Å². The van der Waals surface area contributed by atoms with Gasteiger partial charge < -0.3 is 5.73 Å². The van der Waals surface area contributed by atoms with E-state index in [1.807, 2.05) is 12.1 Å². The van der Waals surface area contributed by atoms with Crippen molar-refractivity contribution in [3.05, 3.63) is 29.7 Å². The van der Waals surface area contributed by atoms with E-state index in [-0.39, 0.29) is 0 Å². The number of hydrogen-bond acceptors (Lipinski definition) is 4. The van der Waals surface area contributed by atoms with Gasteiger partial charge in [-0.05, 0) is 45.4 Å². The molecule has 5 heteroatoms. The first kappa shape index (κ1) is 13.5. The molecule has 1 aliphatic rings. The van der Waals surface area contributed by atoms with E-state index >= 15 is 0 Å². The fraction of sp³-hybridized carbons (Fsp3) is 0.600. The molecule has 0 spiro atoms. The largest absolute Gasteiger partial charge is 0.325 e. The van der Waals surface area contributed by atoms with Crippen LogP contribution in [0.5, 0.6) is 0 Å². The predicted octanol–water partition coefficient (Wildman–Crippen LogP) is 2.12. The number of hydrogen-bond donors (Lipinski definition) is 1. The van der Waals surface area contributed by atoms with Gasteiger partial charge in [-0.3, -0.25) is 9.30 Å². The van der Waals surface area contributed by atoms with Crippen molar-refractivity contribution in [1.82, 2.24) is 19.5 Å². The van der Waals surface area contributed by atoms with Crippen LogP contribution in [0.2, 0.25) is 0 Å². The third-order valence-electron chi connectivity index (χ3n) is 4.25. The molecule has 3 rings (SSSR count). The molecule has 1 aliphatic heterocycles. The molecule has 0 radical (unpaired) electrons. The summed E-state index contributed by atoms with van der Waals surface area (Å²) in [5.41, 5.74) is 7.86. The third-order valence-corrected chi connectivity index (χ3v) is 4.25. The van der Waals surface area contributed by atoms with Gasteiger partial charge in [0.2, 0.25) is 0 Å². The molecule has 20 heavy (non-hydrogen) atoms. The zero-order chi connectivity index (χ0) is 14.1. The van der Waals surface area contributed by atoms with Gasteiger partial charge in [-0.25, -0.2) is 0 Å². The van der Waals surface area contributed by atoms with Crippen LogP contribution in [-0.4, -0.2) is 32.1 Å². The Labute approximate surface area is 119 Å². The average molecular weight is 273 g/mol. The minimum atomic E-state index is 0.353. The minimum Gasteiger partial charge on any atom is -0.325 e. The summed E-state index contributed by atoms with van der Waals surface area (Å²) in [4.78, 5) is 2.53. The van der Waals surface area contributed by atoms with E-state index in [9.17, 15) is 0 Å². The first-order chi connectivity index (χ1) is 9.72. The van der Waals surface area contributed by atoms with Crippen LogP contribution in [0.4, 0.5) is 0 Å². The van der Waals surface area contributed by atoms with E-state index in [1.165, 1.54) is 12.8 Å². The molecule has 1 unspecified atom stereocenters. The number of nitrogens with zero attached hydrogens (tertiary/aromatic N) is 4. The van der Waals surface area contributed by atoms with E-state index in [0.717, 1.165) is 30.1 Å². The minimum absolute atomic E-state index is 0.353. The summed E-state index contributed by atoms with van der Waals surface area (Å²) >= 11 is 0. The molecule has 5 nitrogen and oxygen atoms in total. The number of nitrogens with two attached hydrogens (primary N) is 1. The van der Waals surface area contributed by atoms with Crippen LogP contribution in [0.25, 0.3) is 5.65 Å². The van der Waals surface area contributed by atoms with Gasteiger partial charge in [0, 0.05) is 18.3 Å². The van der Waals surface area contributed by atoms with Crippen LogP contribution in [-0.2, 0) is 6.54 Å². The summed E-state index contributed by atoms with van der Waals surface area (Å²) in [6, 6.07) is 6.93. The summed E-state index contributed by atoms with van der Waals surface area (Å²) in [6.45, 7) is 6.16. The molecule has 0 aliphatic carbocycles. The van der Waals surface area contributed by atoms with Crippen LogP contribution >= 0.6 is 0 Å². The molecule has 1 atom stereocenters. The lowest BCUT2D eigenvalue weighted by molar-refractivity contribution is 0.105. The predicted molar refractivity (Wildman–Crippen MR) is 79.3 cm³/mol. The van der Waals surface area contributed by atoms with Gasteiger partial charge in [0.25, 0.3) is 0 Å². The van der Waals surface area contributed by atoms with Crippen LogP contribution in [0.3, 0.4) is 0 Å². The summed E-state index contributed by atoms with van der Waals surface area (Å²) in [5, 5.41) is 8.80. The van der Waals surface area contributed by atoms with Crippen molar-refractivity contribution in [1.29, 1.82) is 0 Å². The Kier molecular flexibility index (Phi) is 3.72. The Morgan fingerprint density at radius 3 is 2.90 bits per heavy atom. The second-order valence-electron chi connectivity index (χ2n) is 5.82. The molecular weight excluding hydrogens is 250 g/mol. The lowest BCUT2D eigenvalue weighted by Crippen LogP contribution is -2.39. The van der Waals surface area contributed by atoms with E-state index < -0.39 is 0 Å². The smallest absolute Gasteiger partial charge is 0.161 e. The van der Waals surface area contributed by atoms with Crippen LogP contribution < -0.4 is 5.73 Å². The maximum Gasteiger partial charge on any atom is 0.161 e. The van der Waals surface area contributed by atoms with Crippen LogP contribution in [0.1, 0.15) is 50.7 Å². The molecule has 0 amide bonds. The quantitative estimate of drug-likeness (QED) is 0.930. The number of likely N-dealkylation sites (tertiary alicyclic amines) is 1. The molecule has 0 saturated carbocycles. The number of piperidine rings is 1. The highest BCUT2D eigenvalue weighted by Gasteiger charge is 2.29. The number of aromatic nitrogens is 3. The molecule has 1 fully saturated rings. The molecule has 0 aromatic carbocycles. The lowest BCUT2D eigenvalue weighted by atomic mass is 9.99. The SMILES string of the molecule is CC(C)N1CCCCC1c1nnc2cccc(CN)n12. The Balaban J connectivity index is 2.08. The summed E-state index contributed by atoms with van der Waals surface area (Å²) in [7, 11) is 0. The Morgan fingerprint density at radius 1 is 1.30 bits per heavy atom. The Morgan fingerprint density at radius 2 is 2.15 bits per heavy atom. The summed E-state index contributed by atoms with van der Waals surface area (Å²) in [5.74, 6) is 1.05. The summed E-state index contributed by atoms with van der Waals surface area (Å²) in [6.07, 6.45) is 3.68. The van der Waals surface area contributed by atoms with Gasteiger partial charge in [-0.15, -0.1) is 10.2 Å². The molecule has 3 heterocycles. The fourth-order valence-electron chi connectivity index (χ4n) is 3.26. The number of fused-ring (bicyclic) bond motifs is 1. The molecule has 2 aromatic rings. The van der Waals surface area contributed by atoms with Crippen molar-refractivity contribution < 1.29 is 0 Å². The summed E-state index contributed by atoms with van der Waals surface area (Å²) < 4.78 is 2.14. The van der Waals surface area contributed by atoms with Gasteiger partial charge in [-0.1, -0.05) is 12.5 Å². The highest BCUT2D eigenvalue weighted by Crippen LogP contribution is 2.32. The first-order valence-corrected chi connectivity index (χ1v) is 7.51. The Bertz CT molecular complexity index is 589. The van der Waals surface area contributed by atoms with Gasteiger partial charge in [-0.2, -0.15) is 0 Å². The lowest BCUT2D eigenvalue weighted by Gasteiger charge is -2.37. The molecule has 108 valence electrons. The molecule has 2 N–H and O–H groups in total. The van der Waals surface area contributed by atoms with Crippen molar-refractivity contribution in [3.8, 4) is 0 Å². The fourth-order valence-corrected chi connectivity index (χ4v) is 3.26. The van der Waals surface area contributed by atoms with Crippen molar-refractivity contribution >= 4 is 5.65 Å². The van der Waals surface area contributed by atoms with E-state index in [1.54, 1.807) is 0 Å².